The van der Waals surface area contributed by atoms with Crippen LogP contribution in [0.15, 0.2) is 76.0 Å². The molecule has 0 fully saturated rings. The number of aromatic nitrogens is 4. The molecule has 7 nitrogen and oxygen atoms in total. The fraction of sp³-hybridized carbons (Fsp3) is 0.0952. The van der Waals surface area contributed by atoms with E-state index >= 15 is 0 Å². The summed E-state index contributed by atoms with van der Waals surface area (Å²) in [5.74, 6) is 0.587. The van der Waals surface area contributed by atoms with Crippen molar-refractivity contribution >= 4 is 54.5 Å². The van der Waals surface area contributed by atoms with Gasteiger partial charge in [-0.2, -0.15) is 4.52 Å². The molecule has 0 aliphatic rings. The number of fused-ring (bicyclic) bond motifs is 3. The summed E-state index contributed by atoms with van der Waals surface area (Å²) in [5.41, 5.74) is 2.00. The largest absolute Gasteiger partial charge is 0.362 e. The topological polar surface area (TPSA) is 89.2 Å². The normalized spacial score (nSPS) is 13.0. The van der Waals surface area contributed by atoms with Gasteiger partial charge in [-0.25, -0.2) is 13.4 Å². The van der Waals surface area contributed by atoms with Crippen LogP contribution >= 0.6 is 22.9 Å². The Bertz CT molecular complexity index is 1500. The van der Waals surface area contributed by atoms with Crippen LogP contribution in [0, 0.1) is 0 Å². The molecule has 5 aromatic rings. The van der Waals surface area contributed by atoms with Gasteiger partial charge in [0.05, 0.1) is 15.1 Å². The van der Waals surface area contributed by atoms with Crippen molar-refractivity contribution in [2.24, 2.45) is 0 Å². The molecule has 5 rings (SSSR count). The molecule has 31 heavy (non-hydrogen) atoms. The Kier molecular flexibility index (Phi) is 4.88. The zero-order valence-corrected chi connectivity index (χ0v) is 18.6. The molecular weight excluding hydrogens is 454 g/mol. The van der Waals surface area contributed by atoms with Crippen molar-refractivity contribution in [1.82, 2.24) is 19.8 Å². The number of thiophene rings is 1. The highest BCUT2D eigenvalue weighted by Crippen LogP contribution is 2.33. The molecular formula is C21H16ClN5O2S2. The average Bonchev–Trinajstić information content (AvgIpc) is 3.42. The van der Waals surface area contributed by atoms with Gasteiger partial charge in [0, 0.05) is 11.1 Å². The van der Waals surface area contributed by atoms with Crippen LogP contribution in [0.1, 0.15) is 18.5 Å². The third kappa shape index (κ3) is 3.44. The highest BCUT2D eigenvalue weighted by molar-refractivity contribution is 7.91. The number of sulfone groups is 1. The maximum atomic E-state index is 13.2. The molecule has 156 valence electrons. The first kappa shape index (κ1) is 19.9. The first-order chi connectivity index (χ1) is 14.9. The number of nitrogens with one attached hydrogen (secondary N) is 1. The van der Waals surface area contributed by atoms with Gasteiger partial charge in [-0.05, 0) is 48.2 Å². The van der Waals surface area contributed by atoms with Crippen molar-refractivity contribution in [3.63, 3.8) is 0 Å². The Labute approximate surface area is 187 Å². The fourth-order valence-electron chi connectivity index (χ4n) is 3.35. The minimum atomic E-state index is -3.93. The molecule has 10 heteroatoms. The molecule has 1 atom stereocenters. The van der Waals surface area contributed by atoms with Crippen molar-refractivity contribution in [2.45, 2.75) is 22.9 Å². The number of rotatable bonds is 5. The molecule has 3 heterocycles. The summed E-state index contributed by atoms with van der Waals surface area (Å²) in [4.78, 5) is 4.72. The van der Waals surface area contributed by atoms with Gasteiger partial charge >= 0.3 is 0 Å². The molecule has 0 aliphatic heterocycles. The number of hydrogen-bond acceptors (Lipinski definition) is 7. The summed E-state index contributed by atoms with van der Waals surface area (Å²) in [7, 11) is -3.93. The van der Waals surface area contributed by atoms with E-state index in [-0.39, 0.29) is 21.6 Å². The van der Waals surface area contributed by atoms with Crippen LogP contribution in [0.3, 0.4) is 0 Å². The quantitative estimate of drug-likeness (QED) is 0.389. The molecule has 0 spiro atoms. The van der Waals surface area contributed by atoms with Crippen LogP contribution in [0.25, 0.3) is 15.9 Å². The Morgan fingerprint density at radius 2 is 1.81 bits per heavy atom. The predicted molar refractivity (Wildman–Crippen MR) is 122 cm³/mol. The molecule has 1 N–H and O–H groups in total. The molecule has 0 radical (unpaired) electrons. The predicted octanol–water partition coefficient (Wildman–Crippen LogP) is 5.00. The van der Waals surface area contributed by atoms with Gasteiger partial charge in [-0.15, -0.1) is 16.4 Å². The second-order valence-electron chi connectivity index (χ2n) is 6.96. The van der Waals surface area contributed by atoms with E-state index in [2.05, 4.69) is 20.6 Å². The maximum Gasteiger partial charge on any atom is 0.229 e. The summed E-state index contributed by atoms with van der Waals surface area (Å²) in [6, 6.07) is 17.8. The van der Waals surface area contributed by atoms with Crippen LogP contribution < -0.4 is 5.32 Å². The van der Waals surface area contributed by atoms with Crippen LogP contribution in [0.5, 0.6) is 0 Å². The lowest BCUT2D eigenvalue weighted by Crippen LogP contribution is -2.10. The van der Waals surface area contributed by atoms with E-state index < -0.39 is 9.84 Å². The van der Waals surface area contributed by atoms with Gasteiger partial charge in [0.1, 0.15) is 5.82 Å². The van der Waals surface area contributed by atoms with E-state index in [1.165, 1.54) is 40.1 Å². The second kappa shape index (κ2) is 7.60. The lowest BCUT2D eigenvalue weighted by molar-refractivity contribution is 0.592. The molecule has 3 aromatic heterocycles. The van der Waals surface area contributed by atoms with E-state index in [0.29, 0.717) is 10.8 Å². The Balaban J connectivity index is 1.66. The number of hydrogen-bond donors (Lipinski definition) is 1. The standard InChI is InChI=1S/C21H16ClN5O2S2/c1-13(14-5-3-2-4-6-14)23-19-18-17(11-12-30-18)27-20(24-19)21(25-26-27)31(28,29)16-9-7-15(22)8-10-16/h2-13H,1H3,(H,23,24)/t13-/m0/s1. The van der Waals surface area contributed by atoms with Crippen LogP contribution in [0.2, 0.25) is 5.02 Å². The lowest BCUT2D eigenvalue weighted by atomic mass is 10.1. The monoisotopic (exact) mass is 469 g/mol. The van der Waals surface area contributed by atoms with Crippen molar-refractivity contribution in [1.29, 1.82) is 0 Å². The van der Waals surface area contributed by atoms with E-state index in [4.69, 9.17) is 11.6 Å². The Morgan fingerprint density at radius 3 is 2.55 bits per heavy atom. The molecule has 2 aromatic carbocycles. The minimum absolute atomic E-state index is 0.0337. The molecule has 0 amide bonds. The van der Waals surface area contributed by atoms with E-state index in [1.807, 2.05) is 48.7 Å². The molecule has 0 aliphatic carbocycles. The summed E-state index contributed by atoms with van der Waals surface area (Å²) < 4.78 is 28.8. The summed E-state index contributed by atoms with van der Waals surface area (Å²) >= 11 is 7.41. The van der Waals surface area contributed by atoms with Gasteiger partial charge in [0.15, 0.2) is 5.65 Å². The van der Waals surface area contributed by atoms with Crippen molar-refractivity contribution in [3.05, 3.63) is 76.6 Å². The first-order valence-corrected chi connectivity index (χ1v) is 12.1. The average molecular weight is 470 g/mol. The van der Waals surface area contributed by atoms with Crippen LogP contribution in [-0.4, -0.2) is 28.2 Å². The highest BCUT2D eigenvalue weighted by atomic mass is 35.5. The number of benzene rings is 2. The highest BCUT2D eigenvalue weighted by Gasteiger charge is 2.27. The van der Waals surface area contributed by atoms with E-state index in [0.717, 1.165) is 15.8 Å². The van der Waals surface area contributed by atoms with Crippen molar-refractivity contribution < 1.29 is 8.42 Å². The van der Waals surface area contributed by atoms with Crippen LogP contribution in [-0.2, 0) is 9.84 Å². The van der Waals surface area contributed by atoms with Gasteiger partial charge in [0.2, 0.25) is 14.9 Å². The van der Waals surface area contributed by atoms with Gasteiger partial charge < -0.3 is 5.32 Å². The third-order valence-corrected chi connectivity index (χ3v) is 7.78. The van der Waals surface area contributed by atoms with Crippen molar-refractivity contribution in [2.75, 3.05) is 5.32 Å². The summed E-state index contributed by atoms with van der Waals surface area (Å²) in [5, 5.41) is 13.6. The molecule has 0 saturated carbocycles. The summed E-state index contributed by atoms with van der Waals surface area (Å²) in [6.07, 6.45) is 0. The Morgan fingerprint density at radius 1 is 1.06 bits per heavy atom. The lowest BCUT2D eigenvalue weighted by Gasteiger charge is -2.15. The molecule has 0 bridgehead atoms. The zero-order valence-electron chi connectivity index (χ0n) is 16.2. The van der Waals surface area contributed by atoms with E-state index in [9.17, 15) is 8.42 Å². The van der Waals surface area contributed by atoms with Gasteiger partial charge in [-0.1, -0.05) is 47.1 Å². The Hall–Kier alpha value is -3.01. The fourth-order valence-corrected chi connectivity index (χ4v) is 5.54. The number of anilines is 1. The number of nitrogens with zero attached hydrogens (tertiary/aromatic N) is 4. The van der Waals surface area contributed by atoms with E-state index in [1.54, 1.807) is 0 Å². The number of halogens is 1. The molecule has 0 unspecified atom stereocenters. The third-order valence-electron chi connectivity index (χ3n) is 4.95. The van der Waals surface area contributed by atoms with Gasteiger partial charge in [0.25, 0.3) is 0 Å². The molecule has 0 saturated heterocycles. The first-order valence-electron chi connectivity index (χ1n) is 9.40. The minimum Gasteiger partial charge on any atom is -0.362 e. The smallest absolute Gasteiger partial charge is 0.229 e. The SMILES string of the molecule is C[C@H](Nc1nc2c(S(=O)(=O)c3ccc(Cl)cc3)nnn2c2ccsc12)c1ccccc1. The maximum absolute atomic E-state index is 13.2. The van der Waals surface area contributed by atoms with Crippen molar-refractivity contribution in [3.8, 4) is 0 Å². The zero-order chi connectivity index (χ0) is 21.6. The van der Waals surface area contributed by atoms with Gasteiger partial charge in [-0.3, -0.25) is 0 Å². The van der Waals surface area contributed by atoms with Crippen LogP contribution in [0.4, 0.5) is 5.82 Å². The second-order valence-corrected chi connectivity index (χ2v) is 10.2. The summed E-state index contributed by atoms with van der Waals surface area (Å²) in [6.45, 7) is 2.03.